The molecule has 1 heterocycles. The summed E-state index contributed by atoms with van der Waals surface area (Å²) in [5, 5.41) is 8.32. The van der Waals surface area contributed by atoms with Gasteiger partial charge in [0.25, 0.3) is 0 Å². The summed E-state index contributed by atoms with van der Waals surface area (Å²) in [5.74, 6) is 0.620. The second-order valence-electron chi connectivity index (χ2n) is 6.38. The lowest BCUT2D eigenvalue weighted by atomic mass is 10.1. The molecule has 0 saturated heterocycles. The van der Waals surface area contributed by atoms with Crippen molar-refractivity contribution in [3.63, 3.8) is 0 Å². The number of halogens is 2. The number of hydrogen-bond acceptors (Lipinski definition) is 4. The molecule has 0 unspecified atom stereocenters. The molecule has 146 valence electrons. The van der Waals surface area contributed by atoms with Gasteiger partial charge in [-0.25, -0.2) is 4.98 Å². The smallest absolute Gasteiger partial charge is 0.230 e. The first kappa shape index (κ1) is 20.2. The minimum absolute atomic E-state index is 0.0797. The van der Waals surface area contributed by atoms with Gasteiger partial charge in [-0.15, -0.1) is 11.3 Å². The zero-order valence-electron chi connectivity index (χ0n) is 15.2. The van der Waals surface area contributed by atoms with Crippen molar-refractivity contribution in [2.75, 3.05) is 5.32 Å². The average molecular weight is 459 g/mol. The fourth-order valence-corrected chi connectivity index (χ4v) is 5.31. The molecule has 7 heteroatoms. The maximum Gasteiger partial charge on any atom is 0.230 e. The van der Waals surface area contributed by atoms with E-state index in [0.717, 1.165) is 32.1 Å². The van der Waals surface area contributed by atoms with E-state index in [2.05, 4.69) is 10.3 Å². The molecule has 29 heavy (non-hydrogen) atoms. The van der Waals surface area contributed by atoms with E-state index in [1.54, 1.807) is 17.8 Å². The standard InChI is InChI=1S/C22H16Cl2N2OS2/c23-16-9-8-15(19(24)10-16)12-28-22-25-17(13-29-22)11-21(27)26-20-7-3-5-14-4-1-2-6-18(14)20/h1-10,13H,11-12H2,(H,26,27). The Balaban J connectivity index is 1.37. The highest BCUT2D eigenvalue weighted by atomic mass is 35.5. The fraction of sp³-hybridized carbons (Fsp3) is 0.0909. The number of nitrogens with one attached hydrogen (secondary N) is 1. The van der Waals surface area contributed by atoms with Crippen LogP contribution in [0.15, 0.2) is 70.4 Å². The number of fused-ring (bicyclic) bond motifs is 1. The van der Waals surface area contributed by atoms with Gasteiger partial charge in [-0.2, -0.15) is 0 Å². The number of thiazole rings is 1. The Kier molecular flexibility index (Phi) is 6.40. The SMILES string of the molecule is O=C(Cc1csc(SCc2ccc(Cl)cc2Cl)n1)Nc1cccc2ccccc12. The summed E-state index contributed by atoms with van der Waals surface area (Å²) in [5.41, 5.74) is 2.58. The second-order valence-corrected chi connectivity index (χ2v) is 9.31. The van der Waals surface area contributed by atoms with Gasteiger partial charge in [0.2, 0.25) is 5.91 Å². The molecular formula is C22H16Cl2N2OS2. The predicted molar refractivity (Wildman–Crippen MR) is 124 cm³/mol. The van der Waals surface area contributed by atoms with Crippen molar-refractivity contribution in [3.05, 3.63) is 87.3 Å². The Morgan fingerprint density at radius 1 is 1.07 bits per heavy atom. The van der Waals surface area contributed by atoms with Crippen LogP contribution in [0.4, 0.5) is 5.69 Å². The molecule has 0 aliphatic rings. The van der Waals surface area contributed by atoms with Crippen LogP contribution < -0.4 is 5.32 Å². The van der Waals surface area contributed by atoms with Crippen molar-refractivity contribution < 1.29 is 4.79 Å². The molecule has 0 fully saturated rings. The summed E-state index contributed by atoms with van der Waals surface area (Å²) < 4.78 is 0.906. The zero-order chi connectivity index (χ0) is 20.2. The van der Waals surface area contributed by atoms with Gasteiger partial charge in [0, 0.05) is 32.3 Å². The van der Waals surface area contributed by atoms with Crippen LogP contribution in [0.25, 0.3) is 10.8 Å². The van der Waals surface area contributed by atoms with Gasteiger partial charge in [0.15, 0.2) is 0 Å². The number of amides is 1. The first-order valence-electron chi connectivity index (χ1n) is 8.87. The maximum atomic E-state index is 12.5. The van der Waals surface area contributed by atoms with E-state index in [1.165, 1.54) is 11.3 Å². The lowest BCUT2D eigenvalue weighted by Crippen LogP contribution is -2.14. The third kappa shape index (κ3) is 5.11. The summed E-state index contributed by atoms with van der Waals surface area (Å²) in [7, 11) is 0. The molecule has 1 N–H and O–H groups in total. The van der Waals surface area contributed by atoms with Crippen LogP contribution in [0.5, 0.6) is 0 Å². The molecule has 0 aliphatic heterocycles. The molecule has 0 saturated carbocycles. The van der Waals surface area contributed by atoms with E-state index >= 15 is 0 Å². The monoisotopic (exact) mass is 458 g/mol. The summed E-state index contributed by atoms with van der Waals surface area (Å²) in [6, 6.07) is 19.4. The lowest BCUT2D eigenvalue weighted by molar-refractivity contribution is -0.115. The van der Waals surface area contributed by atoms with Crippen LogP contribution in [-0.2, 0) is 17.0 Å². The quantitative estimate of drug-likeness (QED) is 0.314. The van der Waals surface area contributed by atoms with Gasteiger partial charge < -0.3 is 5.32 Å². The molecule has 4 rings (SSSR count). The van der Waals surface area contributed by atoms with Gasteiger partial charge >= 0.3 is 0 Å². The molecular weight excluding hydrogens is 443 g/mol. The number of anilines is 1. The Morgan fingerprint density at radius 2 is 1.90 bits per heavy atom. The second kappa shape index (κ2) is 9.18. The van der Waals surface area contributed by atoms with Gasteiger partial charge in [-0.1, -0.05) is 77.4 Å². The Morgan fingerprint density at radius 3 is 2.76 bits per heavy atom. The number of hydrogen-bond donors (Lipinski definition) is 1. The van der Waals surface area contributed by atoms with E-state index in [0.29, 0.717) is 15.8 Å². The molecule has 4 aromatic rings. The predicted octanol–water partition coefficient (Wildman–Crippen LogP) is 7.08. The molecule has 0 aliphatic carbocycles. The number of benzene rings is 3. The maximum absolute atomic E-state index is 12.5. The topological polar surface area (TPSA) is 42.0 Å². The summed E-state index contributed by atoms with van der Waals surface area (Å²) >= 11 is 15.3. The largest absolute Gasteiger partial charge is 0.325 e. The number of carbonyl (C=O) groups is 1. The number of nitrogens with zero attached hydrogens (tertiary/aromatic N) is 1. The van der Waals surface area contributed by atoms with E-state index < -0.39 is 0 Å². The first-order valence-corrected chi connectivity index (χ1v) is 11.5. The molecule has 3 nitrogen and oxygen atoms in total. The number of thioether (sulfide) groups is 1. The molecule has 0 atom stereocenters. The lowest BCUT2D eigenvalue weighted by Gasteiger charge is -2.08. The van der Waals surface area contributed by atoms with Crippen LogP contribution in [0, 0.1) is 0 Å². The van der Waals surface area contributed by atoms with E-state index in [9.17, 15) is 4.79 Å². The van der Waals surface area contributed by atoms with Crippen LogP contribution in [0.2, 0.25) is 10.0 Å². The summed E-state index contributed by atoms with van der Waals surface area (Å²) in [4.78, 5) is 17.1. The Bertz CT molecular complexity index is 1170. The molecule has 1 amide bonds. The minimum Gasteiger partial charge on any atom is -0.325 e. The average Bonchev–Trinajstić information content (AvgIpc) is 3.15. The highest BCUT2D eigenvalue weighted by molar-refractivity contribution is 8.00. The first-order chi connectivity index (χ1) is 14.1. The third-order valence-electron chi connectivity index (χ3n) is 4.30. The van der Waals surface area contributed by atoms with Crippen molar-refractivity contribution in [3.8, 4) is 0 Å². The summed E-state index contributed by atoms with van der Waals surface area (Å²) in [6.45, 7) is 0. The molecule has 0 radical (unpaired) electrons. The summed E-state index contributed by atoms with van der Waals surface area (Å²) in [6.07, 6.45) is 0.238. The van der Waals surface area contributed by atoms with Crippen molar-refractivity contribution in [2.24, 2.45) is 0 Å². The van der Waals surface area contributed by atoms with E-state index in [-0.39, 0.29) is 12.3 Å². The number of carbonyl (C=O) groups excluding carboxylic acids is 1. The van der Waals surface area contributed by atoms with E-state index in [4.69, 9.17) is 23.2 Å². The fourth-order valence-electron chi connectivity index (χ4n) is 2.91. The molecule has 3 aromatic carbocycles. The van der Waals surface area contributed by atoms with Crippen molar-refractivity contribution in [2.45, 2.75) is 16.5 Å². The molecule has 1 aromatic heterocycles. The normalized spacial score (nSPS) is 11.0. The third-order valence-corrected chi connectivity index (χ3v) is 7.01. The van der Waals surface area contributed by atoms with Crippen LogP contribution in [-0.4, -0.2) is 10.9 Å². The Labute approximate surface area is 187 Å². The number of aromatic nitrogens is 1. The van der Waals surface area contributed by atoms with Crippen LogP contribution in [0.3, 0.4) is 0 Å². The van der Waals surface area contributed by atoms with Crippen LogP contribution >= 0.6 is 46.3 Å². The van der Waals surface area contributed by atoms with Crippen molar-refractivity contribution >= 4 is 68.7 Å². The van der Waals surface area contributed by atoms with E-state index in [1.807, 2.05) is 60.0 Å². The highest BCUT2D eigenvalue weighted by Crippen LogP contribution is 2.30. The van der Waals surface area contributed by atoms with Gasteiger partial charge in [-0.3, -0.25) is 4.79 Å². The Hall–Kier alpha value is -2.05. The van der Waals surface area contributed by atoms with Crippen LogP contribution in [0.1, 0.15) is 11.3 Å². The van der Waals surface area contributed by atoms with Crippen molar-refractivity contribution in [1.82, 2.24) is 4.98 Å². The van der Waals surface area contributed by atoms with Gasteiger partial charge in [0.1, 0.15) is 4.34 Å². The highest BCUT2D eigenvalue weighted by Gasteiger charge is 2.11. The zero-order valence-corrected chi connectivity index (χ0v) is 18.3. The van der Waals surface area contributed by atoms with Gasteiger partial charge in [0.05, 0.1) is 12.1 Å². The van der Waals surface area contributed by atoms with Crippen molar-refractivity contribution in [1.29, 1.82) is 0 Å². The number of rotatable bonds is 6. The molecule has 0 spiro atoms. The minimum atomic E-state index is -0.0797. The van der Waals surface area contributed by atoms with Gasteiger partial charge in [-0.05, 0) is 29.1 Å². The molecule has 0 bridgehead atoms.